The van der Waals surface area contributed by atoms with E-state index in [0.717, 1.165) is 31.5 Å². The highest BCUT2D eigenvalue weighted by molar-refractivity contribution is 6.33. The van der Waals surface area contributed by atoms with Crippen molar-refractivity contribution < 1.29 is 14.3 Å². The van der Waals surface area contributed by atoms with Crippen LogP contribution in [0.2, 0.25) is 5.02 Å². The Morgan fingerprint density at radius 1 is 0.979 bits per heavy atom. The molecule has 3 aliphatic heterocycles. The van der Waals surface area contributed by atoms with Gasteiger partial charge in [-0.1, -0.05) is 54.3 Å². The molecule has 1 atom stereocenters. The van der Waals surface area contributed by atoms with E-state index >= 15 is 0 Å². The van der Waals surface area contributed by atoms with Crippen molar-refractivity contribution in [1.29, 1.82) is 0 Å². The molecule has 0 radical (unpaired) electrons. The molecule has 11 nitrogen and oxygen atoms in total. The molecule has 0 saturated carbocycles. The number of ether oxygens (including phenoxy) is 1. The number of terminal acetylenes is 1. The number of anilines is 1. The number of nitrogens with two attached hydrogens (primary N) is 1. The van der Waals surface area contributed by atoms with Gasteiger partial charge in [0.15, 0.2) is 11.9 Å². The van der Waals surface area contributed by atoms with Crippen LogP contribution >= 0.6 is 11.6 Å². The van der Waals surface area contributed by atoms with Crippen LogP contribution in [-0.4, -0.2) is 92.9 Å². The molecule has 2 amide bonds. The Bertz CT molecular complexity index is 1660. The highest BCUT2D eigenvalue weighted by Gasteiger charge is 2.35. The Morgan fingerprint density at radius 2 is 1.64 bits per heavy atom. The van der Waals surface area contributed by atoms with Gasteiger partial charge in [-0.2, -0.15) is 0 Å². The third-order valence-electron chi connectivity index (χ3n) is 9.72. The lowest BCUT2D eigenvalue weighted by Gasteiger charge is -2.41. The molecule has 1 aromatic heterocycles. The van der Waals surface area contributed by atoms with Crippen molar-refractivity contribution in [2.45, 2.75) is 69.6 Å². The minimum Gasteiger partial charge on any atom is -0.436 e. The van der Waals surface area contributed by atoms with E-state index in [1.165, 1.54) is 23.9 Å². The summed E-state index contributed by atoms with van der Waals surface area (Å²) in [7, 11) is 0. The zero-order chi connectivity index (χ0) is 32.9. The minimum absolute atomic E-state index is 0.118. The molecule has 3 fully saturated rings. The fraction of sp³-hybridized carbons (Fsp3) is 0.486. The number of hydrogen-bond donors (Lipinski definition) is 2. The second-order valence-electron chi connectivity index (χ2n) is 12.7. The third-order valence-corrected chi connectivity index (χ3v) is 10.0. The average molecular weight is 660 g/mol. The molecule has 6 rings (SSSR count). The summed E-state index contributed by atoms with van der Waals surface area (Å²) in [4.78, 5) is 49.1. The molecule has 0 unspecified atom stereocenters. The van der Waals surface area contributed by atoms with Crippen molar-refractivity contribution in [3.05, 3.63) is 69.1 Å². The number of H-pyrrole nitrogens is 1. The largest absolute Gasteiger partial charge is 0.436 e. The van der Waals surface area contributed by atoms with Crippen LogP contribution in [-0.2, 0) is 16.0 Å². The van der Waals surface area contributed by atoms with Crippen LogP contribution in [0.5, 0.6) is 0 Å². The number of nitrogen functional groups attached to an aromatic ring is 1. The molecule has 4 heterocycles. The van der Waals surface area contributed by atoms with E-state index in [4.69, 9.17) is 28.5 Å². The van der Waals surface area contributed by atoms with Gasteiger partial charge in [0, 0.05) is 49.8 Å². The number of rotatable bonds is 7. The molecular weight excluding hydrogens is 618 g/mol. The van der Waals surface area contributed by atoms with Crippen LogP contribution in [0.15, 0.2) is 47.3 Å². The van der Waals surface area contributed by atoms with Gasteiger partial charge < -0.3 is 25.2 Å². The third kappa shape index (κ3) is 7.50. The molecule has 3 N–H and O–H groups in total. The Balaban J connectivity index is 1.12. The van der Waals surface area contributed by atoms with Crippen LogP contribution in [0.4, 0.5) is 10.5 Å². The molecule has 12 heteroatoms. The van der Waals surface area contributed by atoms with Crippen LogP contribution in [0, 0.1) is 12.3 Å². The maximum Gasteiger partial charge on any atom is 0.410 e. The quantitative estimate of drug-likeness (QED) is 0.286. The summed E-state index contributed by atoms with van der Waals surface area (Å²) >= 11 is 6.37. The highest BCUT2D eigenvalue weighted by Crippen LogP contribution is 2.28. The monoisotopic (exact) mass is 659 g/mol. The maximum atomic E-state index is 14.0. The second kappa shape index (κ2) is 14.7. The van der Waals surface area contributed by atoms with Crippen LogP contribution in [0.1, 0.15) is 62.1 Å². The first-order valence-electron chi connectivity index (χ1n) is 16.6. The molecule has 0 bridgehead atoms. The van der Waals surface area contributed by atoms with Gasteiger partial charge in [-0.05, 0) is 69.3 Å². The number of amides is 2. The number of halogens is 1. The van der Waals surface area contributed by atoms with E-state index < -0.39 is 12.2 Å². The number of aromatic amines is 1. The average Bonchev–Trinajstić information content (AvgIpc) is 3.51. The van der Waals surface area contributed by atoms with Gasteiger partial charge in [-0.3, -0.25) is 9.78 Å². The molecule has 3 aliphatic rings. The molecule has 47 heavy (non-hydrogen) atoms. The van der Waals surface area contributed by atoms with Gasteiger partial charge in [0.25, 0.3) is 5.91 Å². The number of nitrogens with zero attached hydrogens (tertiary/aromatic N) is 5. The Labute approximate surface area is 280 Å². The van der Waals surface area contributed by atoms with Gasteiger partial charge in [0.1, 0.15) is 0 Å². The summed E-state index contributed by atoms with van der Waals surface area (Å²) in [6, 6.07) is 13.2. The summed E-state index contributed by atoms with van der Waals surface area (Å²) in [5.74, 6) is 2.83. The number of aromatic nitrogens is 3. The van der Waals surface area contributed by atoms with E-state index in [9.17, 15) is 14.4 Å². The predicted molar refractivity (Wildman–Crippen MR) is 181 cm³/mol. The number of benzene rings is 2. The first-order chi connectivity index (χ1) is 22.8. The van der Waals surface area contributed by atoms with Crippen molar-refractivity contribution in [1.82, 2.24) is 29.5 Å². The number of hydrogen-bond acceptors (Lipinski definition) is 7. The van der Waals surface area contributed by atoms with Gasteiger partial charge in [0.05, 0.1) is 16.8 Å². The Kier molecular flexibility index (Phi) is 10.2. The first-order valence-corrected chi connectivity index (χ1v) is 17.0. The molecule has 248 valence electrons. The number of likely N-dealkylation sites (tertiary alicyclic amines) is 3. The van der Waals surface area contributed by atoms with Gasteiger partial charge >= 0.3 is 11.8 Å². The predicted octanol–water partition coefficient (Wildman–Crippen LogP) is 4.32. The van der Waals surface area contributed by atoms with Crippen molar-refractivity contribution in [2.24, 2.45) is 0 Å². The zero-order valence-corrected chi connectivity index (χ0v) is 27.3. The van der Waals surface area contributed by atoms with Crippen molar-refractivity contribution in [3.8, 4) is 23.7 Å². The highest BCUT2D eigenvalue weighted by atomic mass is 35.5. The van der Waals surface area contributed by atoms with E-state index in [-0.39, 0.29) is 24.1 Å². The fourth-order valence-corrected chi connectivity index (χ4v) is 7.28. The number of piperidine rings is 3. The van der Waals surface area contributed by atoms with Gasteiger partial charge in [0.2, 0.25) is 0 Å². The normalized spacial score (nSPS) is 18.9. The van der Waals surface area contributed by atoms with Gasteiger partial charge in [-0.15, -0.1) is 11.5 Å². The Morgan fingerprint density at radius 3 is 2.32 bits per heavy atom. The number of carbonyl (C=O) groups excluding carboxylic acids is 2. The molecule has 0 spiro atoms. The van der Waals surface area contributed by atoms with Crippen molar-refractivity contribution in [2.75, 3.05) is 45.0 Å². The summed E-state index contributed by atoms with van der Waals surface area (Å²) in [6.45, 7) is 4.19. The molecule has 0 aliphatic carbocycles. The standard InChI is InChI=1S/C35H42ClN7O4/c1-2-25-21-24(22-29(36)31(25)37)23-30(33(44)41-17-11-27(12-18-41)40-15-7-4-8-16-40)47-35(46)42-19-13-28(14-20-42)43-34(45)38-32(39-43)26-9-5-3-6-10-26/h1,3,5-6,9-10,21-22,27-28,30H,4,7-8,11-20,23,37H2,(H,38,39,45)/t30-/m1/s1. The van der Waals surface area contributed by atoms with Gasteiger partial charge in [-0.25, -0.2) is 14.3 Å². The number of nitrogens with one attached hydrogen (secondary N) is 1. The topological polar surface area (TPSA) is 130 Å². The SMILES string of the molecule is C#Cc1cc(C[C@@H](OC(=O)N2CCC(n3nc(-c4ccccc4)[nH]c3=O)CC2)C(=O)N2CCC(N3CCCCC3)CC2)cc(Cl)c1N. The van der Waals surface area contributed by atoms with Crippen molar-refractivity contribution in [3.63, 3.8) is 0 Å². The fourth-order valence-electron chi connectivity index (χ4n) is 7.04. The van der Waals surface area contributed by atoms with E-state index in [2.05, 4.69) is 20.9 Å². The lowest BCUT2D eigenvalue weighted by atomic mass is 9.98. The second-order valence-corrected chi connectivity index (χ2v) is 13.1. The van der Waals surface area contributed by atoms with Crippen molar-refractivity contribution >= 4 is 29.3 Å². The Hall–Kier alpha value is -4.27. The summed E-state index contributed by atoms with van der Waals surface area (Å²) < 4.78 is 7.46. The molecule has 2 aromatic carbocycles. The lowest BCUT2D eigenvalue weighted by Crippen LogP contribution is -2.52. The van der Waals surface area contributed by atoms with E-state index in [1.807, 2.05) is 35.2 Å². The maximum absolute atomic E-state index is 14.0. The smallest absolute Gasteiger partial charge is 0.410 e. The van der Waals surface area contributed by atoms with Crippen LogP contribution in [0.3, 0.4) is 0 Å². The van der Waals surface area contributed by atoms with E-state index in [1.54, 1.807) is 17.0 Å². The van der Waals surface area contributed by atoms with E-state index in [0.29, 0.717) is 72.7 Å². The first kappa shape index (κ1) is 32.7. The molecule has 3 saturated heterocycles. The summed E-state index contributed by atoms with van der Waals surface area (Å²) in [6.07, 6.45) is 10.7. The summed E-state index contributed by atoms with van der Waals surface area (Å²) in [5.41, 5.74) is 7.98. The minimum atomic E-state index is -1.06. The van der Waals surface area contributed by atoms with Crippen LogP contribution in [0.25, 0.3) is 11.4 Å². The zero-order valence-electron chi connectivity index (χ0n) is 26.6. The lowest BCUT2D eigenvalue weighted by molar-refractivity contribution is -0.142. The van der Waals surface area contributed by atoms with Crippen LogP contribution < -0.4 is 11.4 Å². The summed E-state index contributed by atoms with van der Waals surface area (Å²) in [5, 5.41) is 4.83. The molecular formula is C35H42ClN7O4. The molecule has 3 aromatic rings. The number of carbonyl (C=O) groups is 2.